The summed E-state index contributed by atoms with van der Waals surface area (Å²) in [5.74, 6) is -0.490. The number of carbonyl (C=O) groups is 2. The fourth-order valence-corrected chi connectivity index (χ4v) is 2.91. The minimum absolute atomic E-state index is 0.00686. The van der Waals surface area contributed by atoms with Gasteiger partial charge in [-0.1, -0.05) is 48.5 Å². The first-order valence-electron chi connectivity index (χ1n) is 9.36. The molecule has 0 saturated heterocycles. The predicted molar refractivity (Wildman–Crippen MR) is 115 cm³/mol. The van der Waals surface area contributed by atoms with Crippen molar-refractivity contribution in [1.29, 1.82) is 5.26 Å². The third-order valence-electron chi connectivity index (χ3n) is 4.47. The maximum absolute atomic E-state index is 12.5. The fraction of sp³-hybridized carbons (Fsp3) is 0.0800. The van der Waals surface area contributed by atoms with Crippen molar-refractivity contribution in [2.24, 2.45) is 0 Å². The van der Waals surface area contributed by atoms with Crippen molar-refractivity contribution in [3.63, 3.8) is 0 Å². The summed E-state index contributed by atoms with van der Waals surface area (Å²) in [6.07, 6.45) is 1.50. The van der Waals surface area contributed by atoms with Crippen molar-refractivity contribution in [3.05, 3.63) is 101 Å². The molecular formula is C25H19NO5. The molecule has 0 bridgehead atoms. The molecule has 154 valence electrons. The second-order valence-corrected chi connectivity index (χ2v) is 6.57. The maximum Gasteiger partial charge on any atom is 0.335 e. The summed E-state index contributed by atoms with van der Waals surface area (Å²) >= 11 is 0. The molecule has 0 atom stereocenters. The van der Waals surface area contributed by atoms with E-state index in [0.717, 1.165) is 0 Å². The van der Waals surface area contributed by atoms with Gasteiger partial charge in [-0.3, -0.25) is 4.79 Å². The molecule has 6 heteroatoms. The fourth-order valence-electron chi connectivity index (χ4n) is 2.91. The Morgan fingerprint density at radius 2 is 1.71 bits per heavy atom. The molecule has 0 unspecified atom stereocenters. The molecule has 0 aromatic heterocycles. The predicted octanol–water partition coefficient (Wildman–Crippen LogP) is 4.76. The molecular weight excluding hydrogens is 394 g/mol. The molecule has 3 aromatic carbocycles. The van der Waals surface area contributed by atoms with Gasteiger partial charge in [0.2, 0.25) is 5.78 Å². The molecule has 31 heavy (non-hydrogen) atoms. The smallest absolute Gasteiger partial charge is 0.335 e. The number of nitriles is 1. The van der Waals surface area contributed by atoms with Crippen molar-refractivity contribution in [2.45, 2.75) is 6.61 Å². The van der Waals surface area contributed by atoms with E-state index in [1.54, 1.807) is 66.7 Å². The second kappa shape index (κ2) is 9.90. The Balaban J connectivity index is 1.80. The molecule has 0 radical (unpaired) electrons. The number of hydrogen-bond acceptors (Lipinski definition) is 5. The minimum atomic E-state index is -1.01. The highest BCUT2D eigenvalue weighted by molar-refractivity contribution is 6.14. The normalized spacial score (nSPS) is 10.8. The Labute approximate surface area is 179 Å². The summed E-state index contributed by atoms with van der Waals surface area (Å²) < 4.78 is 11.2. The zero-order valence-electron chi connectivity index (χ0n) is 16.7. The van der Waals surface area contributed by atoms with Crippen LogP contribution in [0.1, 0.15) is 31.8 Å². The van der Waals surface area contributed by atoms with Crippen molar-refractivity contribution < 1.29 is 24.2 Å². The summed E-state index contributed by atoms with van der Waals surface area (Å²) in [6.45, 7) is 0.155. The highest BCUT2D eigenvalue weighted by atomic mass is 16.5. The number of methoxy groups -OCH3 is 1. The topological polar surface area (TPSA) is 96.6 Å². The minimum Gasteiger partial charge on any atom is -0.493 e. The largest absolute Gasteiger partial charge is 0.493 e. The highest BCUT2D eigenvalue weighted by Gasteiger charge is 2.13. The van der Waals surface area contributed by atoms with Crippen LogP contribution in [0.15, 0.2) is 78.4 Å². The number of Topliss-reactive ketones (excluding diaryl/α,β-unsaturated/α-hetero) is 1. The molecule has 0 heterocycles. The van der Waals surface area contributed by atoms with Crippen LogP contribution in [0.3, 0.4) is 0 Å². The molecule has 0 spiro atoms. The van der Waals surface area contributed by atoms with Crippen molar-refractivity contribution in [2.75, 3.05) is 7.11 Å². The molecule has 0 aliphatic heterocycles. The van der Waals surface area contributed by atoms with Crippen molar-refractivity contribution >= 4 is 17.8 Å². The average Bonchev–Trinajstić information content (AvgIpc) is 2.81. The standard InChI is InChI=1S/C25H19NO5/c1-30-23-14-17(12-21(15-26)24(27)19-7-3-2-4-8-19)10-11-22(23)31-16-18-6-5-9-20(13-18)25(28)29/h2-14H,16H2,1H3,(H,28,29). The number of carboxylic acid groups (broad SMARTS) is 1. The Hall–Kier alpha value is -4.37. The first kappa shape index (κ1) is 21.3. The number of nitrogens with zero attached hydrogens (tertiary/aromatic N) is 1. The Kier molecular flexibility index (Phi) is 6.82. The van der Waals surface area contributed by atoms with E-state index < -0.39 is 5.97 Å². The first-order valence-corrected chi connectivity index (χ1v) is 9.36. The molecule has 6 nitrogen and oxygen atoms in total. The summed E-state index contributed by atoms with van der Waals surface area (Å²) in [5, 5.41) is 18.5. The van der Waals surface area contributed by atoms with Crippen LogP contribution in [0, 0.1) is 11.3 Å². The van der Waals surface area contributed by atoms with Gasteiger partial charge in [0.25, 0.3) is 0 Å². The van der Waals surface area contributed by atoms with Crippen LogP contribution in [0.25, 0.3) is 6.08 Å². The Morgan fingerprint density at radius 1 is 0.968 bits per heavy atom. The molecule has 1 N–H and O–H groups in total. The van der Waals surface area contributed by atoms with Gasteiger partial charge >= 0.3 is 5.97 Å². The summed E-state index contributed by atoms with van der Waals surface area (Å²) in [6, 6.07) is 22.1. The van der Waals surface area contributed by atoms with Gasteiger partial charge < -0.3 is 14.6 Å². The van der Waals surface area contributed by atoms with Crippen LogP contribution in [0.5, 0.6) is 11.5 Å². The van der Waals surface area contributed by atoms with E-state index in [4.69, 9.17) is 14.6 Å². The third kappa shape index (κ3) is 5.37. The molecule has 0 amide bonds. The Morgan fingerprint density at radius 3 is 2.39 bits per heavy atom. The zero-order chi connectivity index (χ0) is 22.2. The lowest BCUT2D eigenvalue weighted by Crippen LogP contribution is -2.02. The van der Waals surface area contributed by atoms with E-state index in [0.29, 0.717) is 28.2 Å². The van der Waals surface area contributed by atoms with Crippen LogP contribution in [-0.2, 0) is 6.61 Å². The third-order valence-corrected chi connectivity index (χ3v) is 4.47. The maximum atomic E-state index is 12.5. The summed E-state index contributed by atoms with van der Waals surface area (Å²) in [4.78, 5) is 23.7. The van der Waals surface area contributed by atoms with Gasteiger partial charge in [0.05, 0.1) is 12.7 Å². The van der Waals surface area contributed by atoms with Gasteiger partial charge in [-0.05, 0) is 41.5 Å². The molecule has 0 saturated carbocycles. The second-order valence-electron chi connectivity index (χ2n) is 6.57. The van der Waals surface area contributed by atoms with Gasteiger partial charge in [0.1, 0.15) is 18.2 Å². The Bertz CT molecular complexity index is 1180. The summed E-state index contributed by atoms with van der Waals surface area (Å²) in [5.41, 5.74) is 1.93. The van der Waals surface area contributed by atoms with Crippen LogP contribution >= 0.6 is 0 Å². The quantitative estimate of drug-likeness (QED) is 0.325. The number of carbonyl (C=O) groups excluding carboxylic acids is 1. The molecule has 0 fully saturated rings. The van der Waals surface area contributed by atoms with Crippen molar-refractivity contribution in [3.8, 4) is 17.6 Å². The first-order chi connectivity index (χ1) is 15.0. The van der Waals surface area contributed by atoms with Crippen LogP contribution in [-0.4, -0.2) is 24.0 Å². The van der Waals surface area contributed by atoms with E-state index in [9.17, 15) is 14.9 Å². The van der Waals surface area contributed by atoms with Gasteiger partial charge in [-0.2, -0.15) is 5.26 Å². The number of hydrogen-bond donors (Lipinski definition) is 1. The molecule has 3 rings (SSSR count). The van der Waals surface area contributed by atoms with E-state index >= 15 is 0 Å². The number of rotatable bonds is 8. The number of ether oxygens (including phenoxy) is 2. The number of aromatic carboxylic acids is 1. The van der Waals surface area contributed by atoms with Crippen LogP contribution in [0.2, 0.25) is 0 Å². The molecule has 0 aliphatic carbocycles. The van der Waals surface area contributed by atoms with E-state index in [1.807, 2.05) is 6.07 Å². The highest BCUT2D eigenvalue weighted by Crippen LogP contribution is 2.30. The van der Waals surface area contributed by atoms with E-state index in [-0.39, 0.29) is 23.5 Å². The van der Waals surface area contributed by atoms with E-state index in [1.165, 1.54) is 19.3 Å². The number of ketones is 1. The lowest BCUT2D eigenvalue weighted by Gasteiger charge is -2.12. The van der Waals surface area contributed by atoms with Gasteiger partial charge in [0.15, 0.2) is 11.5 Å². The number of carboxylic acids is 1. The van der Waals surface area contributed by atoms with Crippen LogP contribution < -0.4 is 9.47 Å². The number of benzene rings is 3. The SMILES string of the molecule is COc1cc(C=C(C#N)C(=O)c2ccccc2)ccc1OCc1cccc(C(=O)O)c1. The zero-order valence-corrected chi connectivity index (χ0v) is 16.7. The van der Waals surface area contributed by atoms with Gasteiger partial charge in [-0.25, -0.2) is 4.79 Å². The van der Waals surface area contributed by atoms with E-state index in [2.05, 4.69) is 0 Å². The van der Waals surface area contributed by atoms with Crippen LogP contribution in [0.4, 0.5) is 0 Å². The van der Waals surface area contributed by atoms with Gasteiger partial charge in [0, 0.05) is 5.56 Å². The molecule has 0 aliphatic rings. The lowest BCUT2D eigenvalue weighted by atomic mass is 10.0. The van der Waals surface area contributed by atoms with Crippen molar-refractivity contribution in [1.82, 2.24) is 0 Å². The molecule has 3 aromatic rings. The summed E-state index contributed by atoms with van der Waals surface area (Å²) in [7, 11) is 1.49. The monoisotopic (exact) mass is 413 g/mol. The lowest BCUT2D eigenvalue weighted by molar-refractivity contribution is 0.0696. The average molecular weight is 413 g/mol. The van der Waals surface area contributed by atoms with Gasteiger partial charge in [-0.15, -0.1) is 0 Å². The number of allylic oxidation sites excluding steroid dienone is 1.